The minimum Gasteiger partial charge on any atom is -0.859 e. The van der Waals surface area contributed by atoms with E-state index in [0.29, 0.717) is 0 Å². The Kier molecular flexibility index (Phi) is 11.1. The Hall–Kier alpha value is -1.09. The van der Waals surface area contributed by atoms with Crippen LogP contribution in [0.4, 0.5) is 0 Å². The summed E-state index contributed by atoms with van der Waals surface area (Å²) in [5.41, 5.74) is 0. The minimum atomic E-state index is -0.178. The van der Waals surface area contributed by atoms with Crippen molar-refractivity contribution in [2.24, 2.45) is 0 Å². The van der Waals surface area contributed by atoms with Gasteiger partial charge in [0, 0.05) is 6.20 Å². The first-order chi connectivity index (χ1) is 9.64. The average molecular weight is 280 g/mol. The highest BCUT2D eigenvalue weighted by Crippen LogP contribution is 2.12. The van der Waals surface area contributed by atoms with Gasteiger partial charge in [0.2, 0.25) is 0 Å². The molecule has 0 aromatic carbocycles. The van der Waals surface area contributed by atoms with E-state index in [-0.39, 0.29) is 5.88 Å². The molecule has 20 heavy (non-hydrogen) atoms. The van der Waals surface area contributed by atoms with Crippen molar-refractivity contribution < 1.29 is 9.59 Å². The van der Waals surface area contributed by atoms with E-state index in [1.54, 1.807) is 12.1 Å². The Morgan fingerprint density at radius 2 is 1.30 bits per heavy atom. The van der Waals surface area contributed by atoms with Gasteiger partial charge in [0.1, 0.15) is 0 Å². The maximum Gasteiger partial charge on any atom is 0.0783 e. The van der Waals surface area contributed by atoms with E-state index >= 15 is 0 Å². The largest absolute Gasteiger partial charge is 0.859 e. The number of quaternary nitrogens is 1. The fourth-order valence-electron chi connectivity index (χ4n) is 2.92. The first kappa shape index (κ1) is 18.9. The Bertz CT molecular complexity index is 285. The van der Waals surface area contributed by atoms with Crippen molar-refractivity contribution in [2.75, 3.05) is 26.2 Å². The van der Waals surface area contributed by atoms with Gasteiger partial charge in [-0.2, -0.15) is 0 Å². The average Bonchev–Trinajstić information content (AvgIpc) is 2.41. The summed E-state index contributed by atoms with van der Waals surface area (Å²) in [4.78, 5) is 3.42. The van der Waals surface area contributed by atoms with Crippen molar-refractivity contribution in [3.8, 4) is 5.88 Å². The molecule has 116 valence electrons. The van der Waals surface area contributed by atoms with E-state index in [9.17, 15) is 5.11 Å². The second kappa shape index (κ2) is 11.7. The first-order valence-electron chi connectivity index (χ1n) is 8.07. The summed E-state index contributed by atoms with van der Waals surface area (Å²) < 4.78 is 1.38. The maximum atomic E-state index is 10.2. The molecule has 0 fully saturated rings. The summed E-state index contributed by atoms with van der Waals surface area (Å²) in [6, 6.07) is 4.79. The molecule has 0 saturated heterocycles. The molecule has 0 aliphatic rings. The third-order valence-corrected chi connectivity index (χ3v) is 3.43. The second-order valence-electron chi connectivity index (χ2n) is 5.40. The molecule has 0 radical (unpaired) electrons. The molecule has 3 nitrogen and oxygen atoms in total. The van der Waals surface area contributed by atoms with Gasteiger partial charge in [-0.1, -0.05) is 39.8 Å². The van der Waals surface area contributed by atoms with Crippen LogP contribution in [0, 0.1) is 0 Å². The molecule has 1 heterocycles. The van der Waals surface area contributed by atoms with Gasteiger partial charge in [-0.3, -0.25) is 4.98 Å². The topological polar surface area (TPSA) is 36.0 Å². The van der Waals surface area contributed by atoms with Gasteiger partial charge < -0.3 is 9.59 Å². The normalized spacial score (nSPS) is 10.8. The molecule has 1 aromatic rings. The highest BCUT2D eigenvalue weighted by molar-refractivity contribution is 5.04. The van der Waals surface area contributed by atoms with E-state index in [4.69, 9.17) is 0 Å². The van der Waals surface area contributed by atoms with Crippen LogP contribution in [0.25, 0.3) is 0 Å². The number of nitrogens with zero attached hydrogens (tertiary/aromatic N) is 2. The van der Waals surface area contributed by atoms with E-state index in [1.165, 1.54) is 68.6 Å². The van der Waals surface area contributed by atoms with Crippen LogP contribution in [-0.2, 0) is 0 Å². The van der Waals surface area contributed by atoms with Gasteiger partial charge in [-0.05, 0) is 37.6 Å². The molecule has 1 aromatic heterocycles. The molecule has 0 spiro atoms. The Morgan fingerprint density at radius 1 is 0.850 bits per heavy atom. The number of rotatable bonds is 8. The lowest BCUT2D eigenvalue weighted by Crippen LogP contribution is -2.50. The summed E-state index contributed by atoms with van der Waals surface area (Å²) in [5, 5.41) is 10.2. The zero-order valence-electron chi connectivity index (χ0n) is 13.8. The third-order valence-electron chi connectivity index (χ3n) is 3.43. The van der Waals surface area contributed by atoms with Gasteiger partial charge in [-0.25, -0.2) is 0 Å². The van der Waals surface area contributed by atoms with Crippen molar-refractivity contribution in [1.29, 1.82) is 0 Å². The van der Waals surface area contributed by atoms with Crippen LogP contribution >= 0.6 is 0 Å². The lowest BCUT2D eigenvalue weighted by molar-refractivity contribution is -0.928. The fourth-order valence-corrected chi connectivity index (χ4v) is 2.92. The first-order valence-corrected chi connectivity index (χ1v) is 8.07. The second-order valence-corrected chi connectivity index (χ2v) is 5.40. The molecule has 0 atom stereocenters. The Balaban J connectivity index is 0.000000428. The summed E-state index contributed by atoms with van der Waals surface area (Å²) in [6.45, 7) is 14.8. The summed E-state index contributed by atoms with van der Waals surface area (Å²) in [6.07, 6.45) is 6.81. The standard InChI is InChI=1S/C12H28N.C5H5NO/c1-5-9-13(10-6-2,11-7-3)12-8-4;7-5-3-1-2-4-6-5/h5-12H2,1-4H3;1-4H,(H,6,7)/q+1;/p-1. The molecule has 0 saturated carbocycles. The van der Waals surface area contributed by atoms with Crippen molar-refractivity contribution in [1.82, 2.24) is 4.98 Å². The highest BCUT2D eigenvalue weighted by Gasteiger charge is 2.22. The molecule has 0 aliphatic carbocycles. The fraction of sp³-hybridized carbons (Fsp3) is 0.706. The molecular formula is C17H32N2O. The van der Waals surface area contributed by atoms with Crippen LogP contribution in [0.5, 0.6) is 5.88 Å². The zero-order valence-corrected chi connectivity index (χ0v) is 13.8. The van der Waals surface area contributed by atoms with E-state index in [1.807, 2.05) is 0 Å². The third kappa shape index (κ3) is 8.16. The molecule has 1 rings (SSSR count). The Labute approximate surface area is 125 Å². The number of hydrogen-bond donors (Lipinski definition) is 0. The monoisotopic (exact) mass is 280 g/mol. The molecule has 3 heteroatoms. The van der Waals surface area contributed by atoms with Gasteiger partial charge in [0.25, 0.3) is 0 Å². The molecule has 0 unspecified atom stereocenters. The summed E-state index contributed by atoms with van der Waals surface area (Å²) >= 11 is 0. The van der Waals surface area contributed by atoms with Gasteiger partial charge in [0.05, 0.1) is 26.2 Å². The number of hydrogen-bond acceptors (Lipinski definition) is 2. The van der Waals surface area contributed by atoms with Crippen LogP contribution in [0.15, 0.2) is 24.4 Å². The molecule has 0 amide bonds. The minimum absolute atomic E-state index is 0.178. The van der Waals surface area contributed by atoms with Crippen molar-refractivity contribution in [3.05, 3.63) is 24.4 Å². The van der Waals surface area contributed by atoms with Crippen molar-refractivity contribution in [3.63, 3.8) is 0 Å². The van der Waals surface area contributed by atoms with Crippen molar-refractivity contribution >= 4 is 0 Å². The molecule has 0 aliphatic heterocycles. The number of aromatic nitrogens is 1. The van der Waals surface area contributed by atoms with Crippen LogP contribution in [0.2, 0.25) is 0 Å². The molecular weight excluding hydrogens is 248 g/mol. The lowest BCUT2D eigenvalue weighted by Gasteiger charge is -2.38. The predicted octanol–water partition coefficient (Wildman–Crippen LogP) is 3.60. The van der Waals surface area contributed by atoms with E-state index in [0.717, 1.165) is 0 Å². The smallest absolute Gasteiger partial charge is 0.0783 e. The predicted molar refractivity (Wildman–Crippen MR) is 84.6 cm³/mol. The van der Waals surface area contributed by atoms with Crippen LogP contribution in [-0.4, -0.2) is 35.6 Å². The zero-order chi connectivity index (χ0) is 15.3. The van der Waals surface area contributed by atoms with Crippen LogP contribution in [0.1, 0.15) is 53.4 Å². The van der Waals surface area contributed by atoms with E-state index < -0.39 is 0 Å². The maximum absolute atomic E-state index is 10.2. The summed E-state index contributed by atoms with van der Waals surface area (Å²) in [5.74, 6) is -0.178. The van der Waals surface area contributed by atoms with Gasteiger partial charge in [0.15, 0.2) is 0 Å². The Morgan fingerprint density at radius 3 is 1.50 bits per heavy atom. The molecule has 0 N–H and O–H groups in total. The van der Waals surface area contributed by atoms with E-state index in [2.05, 4.69) is 32.7 Å². The van der Waals surface area contributed by atoms with Gasteiger partial charge in [-0.15, -0.1) is 0 Å². The van der Waals surface area contributed by atoms with Gasteiger partial charge >= 0.3 is 0 Å². The lowest BCUT2D eigenvalue weighted by atomic mass is 10.2. The van der Waals surface area contributed by atoms with Crippen molar-refractivity contribution in [2.45, 2.75) is 53.4 Å². The van der Waals surface area contributed by atoms with Crippen LogP contribution in [0.3, 0.4) is 0 Å². The SMILES string of the molecule is CCC[N+](CCC)(CCC)CCC.[O-]c1ccccn1. The summed E-state index contributed by atoms with van der Waals surface area (Å²) in [7, 11) is 0. The highest BCUT2D eigenvalue weighted by atomic mass is 16.3. The number of pyridine rings is 1. The molecule has 0 bridgehead atoms. The quantitative estimate of drug-likeness (QED) is 0.682. The van der Waals surface area contributed by atoms with Crippen LogP contribution < -0.4 is 5.11 Å².